The van der Waals surface area contributed by atoms with Gasteiger partial charge >= 0.3 is 6.18 Å². The average Bonchev–Trinajstić information content (AvgIpc) is 2.37. The minimum absolute atomic E-state index is 0.0809. The van der Waals surface area contributed by atoms with E-state index in [0.29, 0.717) is 11.1 Å². The van der Waals surface area contributed by atoms with Gasteiger partial charge in [0.25, 0.3) is 0 Å². The average molecular weight is 282 g/mol. The quantitative estimate of drug-likeness (QED) is 0.626. The summed E-state index contributed by atoms with van der Waals surface area (Å²) in [6.07, 6.45) is -4.38. The summed E-state index contributed by atoms with van der Waals surface area (Å²) in [5.41, 5.74) is 1.20. The van der Waals surface area contributed by atoms with Crippen LogP contribution in [-0.2, 0) is 6.18 Å². The van der Waals surface area contributed by atoms with Gasteiger partial charge in [0.1, 0.15) is 5.82 Å². The van der Waals surface area contributed by atoms with Crippen LogP contribution in [0.5, 0.6) is 0 Å². The smallest absolute Gasteiger partial charge is 0.207 e. The molecule has 0 bridgehead atoms. The largest absolute Gasteiger partial charge is 0.416 e. The molecule has 0 fully saturated rings. The van der Waals surface area contributed by atoms with Gasteiger partial charge in [-0.3, -0.25) is 0 Å². The molecule has 0 spiro atoms. The molecule has 2 aromatic carbocycles. The minimum atomic E-state index is -4.38. The van der Waals surface area contributed by atoms with Crippen molar-refractivity contribution in [2.75, 3.05) is 0 Å². The van der Waals surface area contributed by atoms with Crippen molar-refractivity contribution in [1.82, 2.24) is 0 Å². The van der Waals surface area contributed by atoms with E-state index in [1.807, 2.05) is 13.8 Å². The fourth-order valence-corrected chi connectivity index (χ4v) is 2.12. The number of benzene rings is 2. The number of alkyl halides is 3. The van der Waals surface area contributed by atoms with Gasteiger partial charge < -0.3 is 0 Å². The second-order valence-electron chi connectivity index (χ2n) is 4.96. The molecule has 0 heterocycles. The Morgan fingerprint density at radius 1 is 0.900 bits per heavy atom. The van der Waals surface area contributed by atoms with Gasteiger partial charge in [-0.1, -0.05) is 32.0 Å². The van der Waals surface area contributed by atoms with E-state index in [2.05, 4.69) is 0 Å². The standard InChI is InChI=1S/C16H14F4/c1-10(2)14-8-5-12(16(18,19)20)9-15(14)11-3-6-13(17)7-4-11/h3-10H,1-2H3. The van der Waals surface area contributed by atoms with Crippen LogP contribution in [-0.4, -0.2) is 0 Å². The van der Waals surface area contributed by atoms with E-state index in [0.717, 1.165) is 17.7 Å². The van der Waals surface area contributed by atoms with Crippen LogP contribution in [0.15, 0.2) is 42.5 Å². The first-order valence-electron chi connectivity index (χ1n) is 6.26. The maximum atomic E-state index is 13.0. The SMILES string of the molecule is CC(C)c1ccc(C(F)(F)F)cc1-c1ccc(F)cc1. The van der Waals surface area contributed by atoms with E-state index in [1.165, 1.54) is 30.3 Å². The zero-order chi connectivity index (χ0) is 14.9. The predicted octanol–water partition coefficient (Wildman–Crippen LogP) is 5.63. The molecule has 0 N–H and O–H groups in total. The molecular formula is C16H14F4. The zero-order valence-electron chi connectivity index (χ0n) is 11.1. The van der Waals surface area contributed by atoms with Gasteiger partial charge in [0.05, 0.1) is 5.56 Å². The molecule has 0 atom stereocenters. The van der Waals surface area contributed by atoms with Crippen LogP contribution in [0.25, 0.3) is 11.1 Å². The van der Waals surface area contributed by atoms with E-state index in [-0.39, 0.29) is 5.92 Å². The molecule has 0 aliphatic carbocycles. The van der Waals surface area contributed by atoms with Crippen LogP contribution in [0.4, 0.5) is 17.6 Å². The van der Waals surface area contributed by atoms with Crippen LogP contribution in [0.2, 0.25) is 0 Å². The van der Waals surface area contributed by atoms with Crippen LogP contribution in [0.1, 0.15) is 30.9 Å². The maximum Gasteiger partial charge on any atom is 0.416 e. The normalized spacial score (nSPS) is 11.9. The van der Waals surface area contributed by atoms with E-state index >= 15 is 0 Å². The summed E-state index contributed by atoms with van der Waals surface area (Å²) in [5.74, 6) is -0.329. The highest BCUT2D eigenvalue weighted by Crippen LogP contribution is 2.36. The third-order valence-electron chi connectivity index (χ3n) is 3.16. The van der Waals surface area contributed by atoms with Crippen molar-refractivity contribution in [2.24, 2.45) is 0 Å². The first-order valence-corrected chi connectivity index (χ1v) is 6.26. The fourth-order valence-electron chi connectivity index (χ4n) is 2.12. The van der Waals surface area contributed by atoms with Gasteiger partial charge in [-0.25, -0.2) is 4.39 Å². The summed E-state index contributed by atoms with van der Waals surface area (Å²) in [5, 5.41) is 0. The molecule has 106 valence electrons. The van der Waals surface area contributed by atoms with Crippen molar-refractivity contribution in [3.05, 3.63) is 59.4 Å². The molecule has 0 amide bonds. The van der Waals surface area contributed by atoms with Gasteiger partial charge in [-0.15, -0.1) is 0 Å². The second-order valence-corrected chi connectivity index (χ2v) is 4.96. The van der Waals surface area contributed by atoms with Crippen molar-refractivity contribution in [3.63, 3.8) is 0 Å². The van der Waals surface area contributed by atoms with Crippen LogP contribution in [0.3, 0.4) is 0 Å². The molecule has 4 heteroatoms. The lowest BCUT2D eigenvalue weighted by atomic mass is 9.91. The molecule has 2 aromatic rings. The van der Waals surface area contributed by atoms with E-state index < -0.39 is 17.6 Å². The van der Waals surface area contributed by atoms with Gasteiger partial charge in [0.2, 0.25) is 0 Å². The zero-order valence-corrected chi connectivity index (χ0v) is 11.1. The van der Waals surface area contributed by atoms with Crippen molar-refractivity contribution < 1.29 is 17.6 Å². The van der Waals surface area contributed by atoms with Crippen molar-refractivity contribution >= 4 is 0 Å². The third-order valence-corrected chi connectivity index (χ3v) is 3.16. The molecule has 0 nitrogen and oxygen atoms in total. The molecule has 0 unspecified atom stereocenters. The lowest BCUT2D eigenvalue weighted by Gasteiger charge is -2.16. The number of hydrogen-bond acceptors (Lipinski definition) is 0. The number of rotatable bonds is 2. The Labute approximate surface area is 115 Å². The van der Waals surface area contributed by atoms with Crippen molar-refractivity contribution in [1.29, 1.82) is 0 Å². The molecule has 0 aliphatic heterocycles. The first-order chi connectivity index (χ1) is 9.29. The first kappa shape index (κ1) is 14.6. The van der Waals surface area contributed by atoms with E-state index in [1.54, 1.807) is 0 Å². The number of hydrogen-bond donors (Lipinski definition) is 0. The van der Waals surface area contributed by atoms with Gasteiger partial charge in [-0.05, 0) is 46.9 Å². The lowest BCUT2D eigenvalue weighted by molar-refractivity contribution is -0.137. The summed E-state index contributed by atoms with van der Waals surface area (Å²) in [7, 11) is 0. The number of halogens is 4. The molecule has 20 heavy (non-hydrogen) atoms. The van der Waals surface area contributed by atoms with Crippen molar-refractivity contribution in [3.8, 4) is 11.1 Å². The van der Waals surface area contributed by atoms with E-state index in [9.17, 15) is 17.6 Å². The summed E-state index contributed by atoms with van der Waals surface area (Å²) in [4.78, 5) is 0. The predicted molar refractivity (Wildman–Crippen MR) is 70.9 cm³/mol. The Bertz CT molecular complexity index is 595. The Balaban J connectivity index is 2.61. The molecule has 0 aliphatic rings. The molecule has 0 aromatic heterocycles. The fraction of sp³-hybridized carbons (Fsp3) is 0.250. The summed E-state index contributed by atoms with van der Waals surface area (Å²) in [6, 6.07) is 9.20. The van der Waals surface area contributed by atoms with E-state index in [4.69, 9.17) is 0 Å². The Morgan fingerprint density at radius 2 is 1.50 bits per heavy atom. The molecule has 0 saturated heterocycles. The van der Waals surface area contributed by atoms with Gasteiger partial charge in [-0.2, -0.15) is 13.2 Å². The minimum Gasteiger partial charge on any atom is -0.207 e. The topological polar surface area (TPSA) is 0 Å². The molecule has 2 rings (SSSR count). The molecule has 0 radical (unpaired) electrons. The highest BCUT2D eigenvalue weighted by Gasteiger charge is 2.31. The monoisotopic (exact) mass is 282 g/mol. The highest BCUT2D eigenvalue weighted by molar-refractivity contribution is 5.69. The van der Waals surface area contributed by atoms with Crippen LogP contribution < -0.4 is 0 Å². The molecular weight excluding hydrogens is 268 g/mol. The summed E-state index contributed by atoms with van der Waals surface area (Å²) >= 11 is 0. The lowest BCUT2D eigenvalue weighted by Crippen LogP contribution is -2.06. The van der Waals surface area contributed by atoms with Gasteiger partial charge in [0, 0.05) is 0 Å². The van der Waals surface area contributed by atoms with Crippen molar-refractivity contribution in [2.45, 2.75) is 25.9 Å². The third kappa shape index (κ3) is 3.00. The molecule has 0 saturated carbocycles. The maximum absolute atomic E-state index is 13.0. The Morgan fingerprint density at radius 3 is 2.00 bits per heavy atom. The summed E-state index contributed by atoms with van der Waals surface area (Å²) < 4.78 is 51.4. The Hall–Kier alpha value is -1.84. The highest BCUT2D eigenvalue weighted by atomic mass is 19.4. The summed E-state index contributed by atoms with van der Waals surface area (Å²) in [6.45, 7) is 3.82. The van der Waals surface area contributed by atoms with Crippen LogP contribution in [0, 0.1) is 5.82 Å². The second kappa shape index (κ2) is 5.27. The van der Waals surface area contributed by atoms with Gasteiger partial charge in [0.15, 0.2) is 0 Å². The Kier molecular flexibility index (Phi) is 3.84. The van der Waals surface area contributed by atoms with Crippen LogP contribution >= 0.6 is 0 Å².